The van der Waals surface area contributed by atoms with E-state index in [9.17, 15) is 4.79 Å². The van der Waals surface area contributed by atoms with Crippen molar-refractivity contribution in [3.05, 3.63) is 29.2 Å². The number of hydrogen-bond donors (Lipinski definition) is 0. The molecule has 0 aliphatic carbocycles. The molecule has 1 atom stereocenters. The Kier molecular flexibility index (Phi) is 4.97. The average Bonchev–Trinajstić information content (AvgIpc) is 3.21. The second kappa shape index (κ2) is 7.15. The number of carbonyl (C=O) groups excluding carboxylic acids is 1. The molecule has 3 heterocycles. The molecule has 24 heavy (non-hydrogen) atoms. The van der Waals surface area contributed by atoms with Crippen LogP contribution in [0.1, 0.15) is 61.6 Å². The van der Waals surface area contributed by atoms with E-state index in [0.717, 1.165) is 37.1 Å². The van der Waals surface area contributed by atoms with Crippen LogP contribution < -0.4 is 0 Å². The molecule has 2 aromatic heterocycles. The minimum atomic E-state index is -0.0507. The molecule has 0 bridgehead atoms. The summed E-state index contributed by atoms with van der Waals surface area (Å²) in [5.41, 5.74) is 2.25. The molecule has 7 heteroatoms. The number of rotatable bonds is 5. The van der Waals surface area contributed by atoms with Crippen LogP contribution in [0.4, 0.5) is 0 Å². The zero-order chi connectivity index (χ0) is 17.1. The highest BCUT2D eigenvalue weighted by Crippen LogP contribution is 2.30. The lowest BCUT2D eigenvalue weighted by molar-refractivity contribution is -0.135. The van der Waals surface area contributed by atoms with Crippen molar-refractivity contribution in [2.45, 2.75) is 58.4 Å². The molecule has 0 saturated carbocycles. The second-order valence-electron chi connectivity index (χ2n) is 6.38. The first kappa shape index (κ1) is 16.7. The second-order valence-corrected chi connectivity index (χ2v) is 6.38. The highest BCUT2D eigenvalue weighted by Gasteiger charge is 2.31. The predicted octanol–water partition coefficient (Wildman–Crippen LogP) is 2.36. The Balaban J connectivity index is 1.68. The Morgan fingerprint density at radius 2 is 2.25 bits per heavy atom. The third kappa shape index (κ3) is 3.34. The van der Waals surface area contributed by atoms with Crippen LogP contribution in [-0.4, -0.2) is 37.3 Å². The van der Waals surface area contributed by atoms with Gasteiger partial charge in [-0.1, -0.05) is 12.1 Å². The molecular formula is C17H25N5O2. The van der Waals surface area contributed by atoms with E-state index in [-0.39, 0.29) is 11.9 Å². The van der Waals surface area contributed by atoms with Gasteiger partial charge in [-0.25, -0.2) is 0 Å². The molecule has 130 valence electrons. The Morgan fingerprint density at radius 3 is 2.92 bits per heavy atom. The van der Waals surface area contributed by atoms with Crippen molar-refractivity contribution in [3.8, 4) is 0 Å². The van der Waals surface area contributed by atoms with Crippen molar-refractivity contribution < 1.29 is 9.32 Å². The maximum atomic E-state index is 12.8. The molecule has 1 aliphatic heterocycles. The van der Waals surface area contributed by atoms with E-state index in [0.29, 0.717) is 31.0 Å². The molecule has 1 fully saturated rings. The minimum absolute atomic E-state index is 0.0507. The van der Waals surface area contributed by atoms with Crippen LogP contribution in [0.25, 0.3) is 0 Å². The minimum Gasteiger partial charge on any atom is -0.339 e. The summed E-state index contributed by atoms with van der Waals surface area (Å²) in [5.74, 6) is 1.44. The molecule has 7 nitrogen and oxygen atoms in total. The summed E-state index contributed by atoms with van der Waals surface area (Å²) in [6, 6.07) is -0.0507. The van der Waals surface area contributed by atoms with Gasteiger partial charge in [0.15, 0.2) is 5.82 Å². The first-order valence-corrected chi connectivity index (χ1v) is 8.69. The third-order valence-corrected chi connectivity index (χ3v) is 4.85. The van der Waals surface area contributed by atoms with Gasteiger partial charge in [0.05, 0.1) is 12.2 Å². The van der Waals surface area contributed by atoms with Crippen molar-refractivity contribution in [2.75, 3.05) is 6.54 Å². The number of nitrogens with zero attached hydrogens (tertiary/aromatic N) is 5. The number of aromatic nitrogens is 4. The van der Waals surface area contributed by atoms with Crippen molar-refractivity contribution in [3.63, 3.8) is 0 Å². The smallest absolute Gasteiger partial charge is 0.226 e. The van der Waals surface area contributed by atoms with E-state index in [1.807, 2.05) is 36.7 Å². The predicted molar refractivity (Wildman–Crippen MR) is 88.2 cm³/mol. The zero-order valence-electron chi connectivity index (χ0n) is 14.7. The van der Waals surface area contributed by atoms with Gasteiger partial charge in [-0.05, 0) is 38.2 Å². The molecule has 0 spiro atoms. The normalized spacial score (nSPS) is 18.1. The fourth-order valence-corrected chi connectivity index (χ4v) is 3.22. The number of amides is 1. The standard InChI is InChI=1S/C17H25N5O2/c1-4-15-19-17(20-24-15)14-7-5-6-10-22(14)16(23)9-8-13-11-18-21(3)12(13)2/h11,14H,4-10H2,1-3H3. The molecule has 1 amide bonds. The summed E-state index contributed by atoms with van der Waals surface area (Å²) in [4.78, 5) is 19.1. The molecule has 3 rings (SSSR count). The van der Waals surface area contributed by atoms with E-state index in [4.69, 9.17) is 4.52 Å². The molecule has 0 N–H and O–H groups in total. The number of carbonyl (C=O) groups is 1. The fraction of sp³-hybridized carbons (Fsp3) is 0.647. The summed E-state index contributed by atoms with van der Waals surface area (Å²) in [6.45, 7) is 4.78. The number of aryl methyl sites for hydroxylation is 3. The van der Waals surface area contributed by atoms with Gasteiger partial charge in [-0.2, -0.15) is 10.1 Å². The van der Waals surface area contributed by atoms with Crippen LogP contribution in [0.5, 0.6) is 0 Å². The summed E-state index contributed by atoms with van der Waals surface area (Å²) in [6.07, 6.45) is 6.80. The first-order chi connectivity index (χ1) is 11.6. The monoisotopic (exact) mass is 331 g/mol. The Bertz CT molecular complexity index is 706. The fourth-order valence-electron chi connectivity index (χ4n) is 3.22. The Hall–Kier alpha value is -2.18. The molecular weight excluding hydrogens is 306 g/mol. The lowest BCUT2D eigenvalue weighted by Gasteiger charge is -2.33. The topological polar surface area (TPSA) is 77.1 Å². The third-order valence-electron chi connectivity index (χ3n) is 4.85. The zero-order valence-corrected chi connectivity index (χ0v) is 14.7. The molecule has 0 aromatic carbocycles. The Morgan fingerprint density at radius 1 is 1.42 bits per heavy atom. The van der Waals surface area contributed by atoms with Crippen LogP contribution in [0.3, 0.4) is 0 Å². The highest BCUT2D eigenvalue weighted by atomic mass is 16.5. The molecule has 1 saturated heterocycles. The van der Waals surface area contributed by atoms with E-state index < -0.39 is 0 Å². The Labute approximate surface area is 142 Å². The molecule has 0 radical (unpaired) electrons. The van der Waals surface area contributed by atoms with Gasteiger partial charge >= 0.3 is 0 Å². The van der Waals surface area contributed by atoms with Crippen molar-refractivity contribution in [1.29, 1.82) is 0 Å². The van der Waals surface area contributed by atoms with E-state index in [1.54, 1.807) is 0 Å². The number of likely N-dealkylation sites (tertiary alicyclic amines) is 1. The van der Waals surface area contributed by atoms with Gasteiger partial charge in [-0.3, -0.25) is 9.48 Å². The molecule has 2 aromatic rings. The van der Waals surface area contributed by atoms with Crippen LogP contribution in [0.2, 0.25) is 0 Å². The summed E-state index contributed by atoms with van der Waals surface area (Å²) < 4.78 is 7.08. The molecule has 1 aliphatic rings. The maximum Gasteiger partial charge on any atom is 0.226 e. The van der Waals surface area contributed by atoms with Crippen LogP contribution in [0.15, 0.2) is 10.7 Å². The maximum absolute atomic E-state index is 12.8. The molecule has 1 unspecified atom stereocenters. The summed E-state index contributed by atoms with van der Waals surface area (Å²) in [7, 11) is 1.92. The SMILES string of the molecule is CCc1nc(C2CCCCN2C(=O)CCc2cnn(C)c2C)no1. The summed E-state index contributed by atoms with van der Waals surface area (Å²) >= 11 is 0. The van der Waals surface area contributed by atoms with E-state index >= 15 is 0 Å². The van der Waals surface area contributed by atoms with E-state index in [2.05, 4.69) is 15.2 Å². The van der Waals surface area contributed by atoms with Gasteiger partial charge in [0.25, 0.3) is 0 Å². The van der Waals surface area contributed by atoms with Gasteiger partial charge < -0.3 is 9.42 Å². The van der Waals surface area contributed by atoms with Crippen molar-refractivity contribution in [2.24, 2.45) is 7.05 Å². The van der Waals surface area contributed by atoms with Crippen LogP contribution in [-0.2, 0) is 24.7 Å². The first-order valence-electron chi connectivity index (χ1n) is 8.69. The van der Waals surface area contributed by atoms with Gasteiger partial charge in [0, 0.05) is 32.1 Å². The van der Waals surface area contributed by atoms with Crippen molar-refractivity contribution in [1.82, 2.24) is 24.8 Å². The van der Waals surface area contributed by atoms with E-state index in [1.165, 1.54) is 0 Å². The lowest BCUT2D eigenvalue weighted by atomic mass is 10.00. The van der Waals surface area contributed by atoms with Crippen LogP contribution in [0, 0.1) is 6.92 Å². The van der Waals surface area contributed by atoms with Gasteiger partial charge in [0.2, 0.25) is 11.8 Å². The number of piperidine rings is 1. The quantitative estimate of drug-likeness (QED) is 0.840. The summed E-state index contributed by atoms with van der Waals surface area (Å²) in [5, 5.41) is 8.33. The lowest BCUT2D eigenvalue weighted by Crippen LogP contribution is -2.39. The van der Waals surface area contributed by atoms with Gasteiger partial charge in [-0.15, -0.1) is 0 Å². The van der Waals surface area contributed by atoms with Crippen LogP contribution >= 0.6 is 0 Å². The highest BCUT2D eigenvalue weighted by molar-refractivity contribution is 5.77. The average molecular weight is 331 g/mol. The largest absolute Gasteiger partial charge is 0.339 e. The van der Waals surface area contributed by atoms with Gasteiger partial charge in [0.1, 0.15) is 0 Å². The van der Waals surface area contributed by atoms with Crippen molar-refractivity contribution >= 4 is 5.91 Å². The number of hydrogen-bond acceptors (Lipinski definition) is 5.